The van der Waals surface area contributed by atoms with Gasteiger partial charge in [0.15, 0.2) is 18.1 Å². The van der Waals surface area contributed by atoms with E-state index in [0.29, 0.717) is 16.3 Å². The molecule has 162 valence electrons. The van der Waals surface area contributed by atoms with E-state index in [9.17, 15) is 14.4 Å². The summed E-state index contributed by atoms with van der Waals surface area (Å²) in [5.41, 5.74) is 0.863. The van der Waals surface area contributed by atoms with Crippen molar-refractivity contribution >= 4 is 52.9 Å². The number of imide groups is 1. The first kappa shape index (κ1) is 22.5. The molecule has 10 heteroatoms. The monoisotopic (exact) mass is 464 g/mol. The molecule has 8 nitrogen and oxygen atoms in total. The average Bonchev–Trinajstić information content (AvgIpc) is 3.00. The van der Waals surface area contributed by atoms with E-state index in [-0.39, 0.29) is 35.4 Å². The van der Waals surface area contributed by atoms with E-state index in [1.165, 1.54) is 25.3 Å². The molecule has 1 heterocycles. The minimum absolute atomic E-state index is 0.0447. The average molecular weight is 465 g/mol. The van der Waals surface area contributed by atoms with Crippen LogP contribution >= 0.6 is 23.2 Å². The third-order valence-electron chi connectivity index (χ3n) is 4.15. The second-order valence-corrected chi connectivity index (χ2v) is 7.08. The molecule has 1 aliphatic rings. The van der Waals surface area contributed by atoms with Crippen LogP contribution in [-0.4, -0.2) is 38.2 Å². The van der Waals surface area contributed by atoms with Gasteiger partial charge in [0.05, 0.1) is 24.4 Å². The minimum atomic E-state index is -0.606. The van der Waals surface area contributed by atoms with E-state index < -0.39 is 17.9 Å². The van der Waals surface area contributed by atoms with Crippen LogP contribution in [0.2, 0.25) is 10.0 Å². The Bertz CT molecular complexity index is 1070. The lowest BCUT2D eigenvalue weighted by atomic mass is 10.1. The molecule has 31 heavy (non-hydrogen) atoms. The molecular formula is C21H18Cl2N2O6. The summed E-state index contributed by atoms with van der Waals surface area (Å²) in [6.07, 6.45) is 1.45. The first-order chi connectivity index (χ1) is 14.8. The number of rotatable bonds is 7. The fourth-order valence-corrected chi connectivity index (χ4v) is 3.31. The summed E-state index contributed by atoms with van der Waals surface area (Å²) in [7, 11) is 1.41. The number of amides is 3. The van der Waals surface area contributed by atoms with Crippen molar-refractivity contribution in [1.29, 1.82) is 0 Å². The first-order valence-electron chi connectivity index (χ1n) is 9.12. The summed E-state index contributed by atoms with van der Waals surface area (Å²) in [5, 5.41) is 3.07. The van der Waals surface area contributed by atoms with E-state index in [4.69, 9.17) is 37.4 Å². The number of methoxy groups -OCH3 is 1. The van der Waals surface area contributed by atoms with Gasteiger partial charge >= 0.3 is 12.0 Å². The zero-order chi connectivity index (χ0) is 22.5. The number of hydrogen-bond donors (Lipinski definition) is 1. The fraction of sp³-hybridized carbons (Fsp3) is 0.190. The van der Waals surface area contributed by atoms with Gasteiger partial charge < -0.3 is 19.5 Å². The largest absolute Gasteiger partial charge is 0.493 e. The number of urea groups is 1. The molecule has 3 rings (SSSR count). The van der Waals surface area contributed by atoms with Crippen molar-refractivity contribution in [3.05, 3.63) is 57.7 Å². The van der Waals surface area contributed by atoms with E-state index in [0.717, 1.165) is 4.90 Å². The van der Waals surface area contributed by atoms with Crippen LogP contribution in [0.5, 0.6) is 11.5 Å². The van der Waals surface area contributed by atoms with Gasteiger partial charge in [0, 0.05) is 5.02 Å². The Morgan fingerprint density at radius 3 is 2.65 bits per heavy atom. The lowest BCUT2D eigenvalue weighted by Crippen LogP contribution is -2.30. The van der Waals surface area contributed by atoms with Gasteiger partial charge in [-0.1, -0.05) is 29.3 Å². The highest BCUT2D eigenvalue weighted by Crippen LogP contribution is 2.37. The highest BCUT2D eigenvalue weighted by atomic mass is 35.5. The van der Waals surface area contributed by atoms with Crippen molar-refractivity contribution in [2.24, 2.45) is 0 Å². The van der Waals surface area contributed by atoms with Gasteiger partial charge in [-0.3, -0.25) is 4.79 Å². The van der Waals surface area contributed by atoms with Gasteiger partial charge in [-0.15, -0.1) is 0 Å². The Balaban J connectivity index is 1.86. The maximum atomic E-state index is 12.8. The van der Waals surface area contributed by atoms with Crippen molar-refractivity contribution < 1.29 is 28.6 Å². The molecule has 1 saturated heterocycles. The maximum absolute atomic E-state index is 12.8. The van der Waals surface area contributed by atoms with Gasteiger partial charge in [0.2, 0.25) is 0 Å². The van der Waals surface area contributed by atoms with E-state index in [2.05, 4.69) is 5.32 Å². The molecule has 3 amide bonds. The summed E-state index contributed by atoms with van der Waals surface area (Å²) in [4.78, 5) is 37.6. The Labute approximate surface area is 188 Å². The van der Waals surface area contributed by atoms with Crippen LogP contribution < -0.4 is 19.7 Å². The smallest absolute Gasteiger partial charge is 0.344 e. The van der Waals surface area contributed by atoms with Crippen LogP contribution in [0.15, 0.2) is 42.1 Å². The molecule has 1 fully saturated rings. The van der Waals surface area contributed by atoms with Crippen LogP contribution in [0.1, 0.15) is 12.5 Å². The summed E-state index contributed by atoms with van der Waals surface area (Å²) in [5.74, 6) is -0.703. The molecule has 2 aromatic rings. The molecule has 0 radical (unpaired) electrons. The molecular weight excluding hydrogens is 447 g/mol. The highest BCUT2D eigenvalue weighted by Gasteiger charge is 2.35. The van der Waals surface area contributed by atoms with Gasteiger partial charge in [-0.25, -0.2) is 14.5 Å². The Morgan fingerprint density at radius 1 is 1.19 bits per heavy atom. The normalized spacial score (nSPS) is 14.6. The Morgan fingerprint density at radius 2 is 1.97 bits per heavy atom. The topological polar surface area (TPSA) is 94.2 Å². The predicted octanol–water partition coefficient (Wildman–Crippen LogP) is 4.04. The summed E-state index contributed by atoms with van der Waals surface area (Å²) >= 11 is 12.2. The van der Waals surface area contributed by atoms with Crippen molar-refractivity contribution in [2.45, 2.75) is 6.92 Å². The number of ether oxygens (including phenoxy) is 3. The molecule has 1 N–H and O–H groups in total. The predicted molar refractivity (Wildman–Crippen MR) is 116 cm³/mol. The van der Waals surface area contributed by atoms with E-state index in [1.54, 1.807) is 31.2 Å². The molecule has 0 atom stereocenters. The van der Waals surface area contributed by atoms with Crippen LogP contribution in [0.25, 0.3) is 6.08 Å². The van der Waals surface area contributed by atoms with Crippen molar-refractivity contribution in [1.82, 2.24) is 5.32 Å². The fourth-order valence-electron chi connectivity index (χ4n) is 2.85. The van der Waals surface area contributed by atoms with Gasteiger partial charge in [-0.2, -0.15) is 0 Å². The first-order valence-corrected chi connectivity index (χ1v) is 9.88. The van der Waals surface area contributed by atoms with Crippen LogP contribution in [0.3, 0.4) is 0 Å². The van der Waals surface area contributed by atoms with Crippen LogP contribution in [-0.2, 0) is 14.3 Å². The molecule has 0 saturated carbocycles. The lowest BCUT2D eigenvalue weighted by Gasteiger charge is -2.13. The summed E-state index contributed by atoms with van der Waals surface area (Å²) < 4.78 is 15.5. The van der Waals surface area contributed by atoms with E-state index >= 15 is 0 Å². The number of carbonyl (C=O) groups is 3. The second-order valence-electron chi connectivity index (χ2n) is 6.24. The molecule has 1 aliphatic heterocycles. The van der Waals surface area contributed by atoms with Crippen LogP contribution in [0, 0.1) is 0 Å². The number of anilines is 1. The Hall–Kier alpha value is -3.23. The van der Waals surface area contributed by atoms with Gasteiger partial charge in [0.1, 0.15) is 5.70 Å². The zero-order valence-electron chi connectivity index (χ0n) is 16.6. The van der Waals surface area contributed by atoms with Gasteiger partial charge in [-0.05, 0) is 48.9 Å². The third kappa shape index (κ3) is 5.10. The lowest BCUT2D eigenvalue weighted by molar-refractivity contribution is -0.145. The minimum Gasteiger partial charge on any atom is -0.493 e. The number of carbonyl (C=O) groups excluding carboxylic acids is 3. The highest BCUT2D eigenvalue weighted by molar-refractivity contribution is 6.33. The molecule has 0 aromatic heterocycles. The van der Waals surface area contributed by atoms with Crippen molar-refractivity contribution in [3.8, 4) is 11.5 Å². The number of esters is 1. The molecule has 0 bridgehead atoms. The molecule has 0 unspecified atom stereocenters. The van der Waals surface area contributed by atoms with E-state index in [1.807, 2.05) is 0 Å². The van der Waals surface area contributed by atoms with Gasteiger partial charge in [0.25, 0.3) is 5.91 Å². The number of nitrogens with zero attached hydrogens (tertiary/aromatic N) is 1. The summed E-state index contributed by atoms with van der Waals surface area (Å²) in [6.45, 7) is 1.57. The number of halogens is 2. The maximum Gasteiger partial charge on any atom is 0.344 e. The quantitative estimate of drug-likeness (QED) is 0.377. The molecule has 2 aromatic carbocycles. The second kappa shape index (κ2) is 9.72. The Kier molecular flexibility index (Phi) is 7.04. The SMILES string of the molecule is CCOC(=O)COc1c(Cl)cc(/C=C2/NC(=O)N(c3cccc(Cl)c3)C2=O)cc1OC. The van der Waals surface area contributed by atoms with Crippen molar-refractivity contribution in [3.63, 3.8) is 0 Å². The standard InChI is InChI=1S/C21H18Cl2N2O6/c1-3-30-18(26)11-31-19-15(23)7-12(9-17(19)29-2)8-16-20(27)25(21(28)24-16)14-6-4-5-13(22)10-14/h4-10H,3,11H2,1-2H3,(H,24,28)/b16-8+. The summed E-state index contributed by atoms with van der Waals surface area (Å²) in [6, 6.07) is 8.85. The number of hydrogen-bond acceptors (Lipinski definition) is 6. The number of benzene rings is 2. The zero-order valence-corrected chi connectivity index (χ0v) is 18.1. The third-order valence-corrected chi connectivity index (χ3v) is 4.66. The molecule has 0 spiro atoms. The molecule has 0 aliphatic carbocycles. The number of nitrogens with one attached hydrogen (secondary N) is 1. The van der Waals surface area contributed by atoms with Crippen LogP contribution in [0.4, 0.5) is 10.5 Å². The van der Waals surface area contributed by atoms with Crippen molar-refractivity contribution in [2.75, 3.05) is 25.2 Å².